The molecule has 1 amide bonds. The van der Waals surface area contributed by atoms with Crippen molar-refractivity contribution >= 4 is 73.7 Å². The molecular formula is C18H16BrCl2N3OS. The SMILES string of the molecule is O=C(NC(=S)Nc1cccc(Cl)c1N1CCCC1)c1cc(Br)ccc1Cl. The van der Waals surface area contributed by atoms with Crippen LogP contribution in [0.5, 0.6) is 0 Å². The number of para-hydroxylation sites is 1. The van der Waals surface area contributed by atoms with E-state index in [1.54, 1.807) is 18.2 Å². The predicted molar refractivity (Wildman–Crippen MR) is 116 cm³/mol. The highest BCUT2D eigenvalue weighted by Gasteiger charge is 2.20. The van der Waals surface area contributed by atoms with Crippen LogP contribution in [0.1, 0.15) is 23.2 Å². The van der Waals surface area contributed by atoms with E-state index in [4.69, 9.17) is 35.4 Å². The molecule has 26 heavy (non-hydrogen) atoms. The number of hydrogen-bond donors (Lipinski definition) is 2. The van der Waals surface area contributed by atoms with Gasteiger partial charge in [0.05, 0.1) is 27.0 Å². The minimum absolute atomic E-state index is 0.189. The van der Waals surface area contributed by atoms with Crippen LogP contribution in [-0.2, 0) is 0 Å². The van der Waals surface area contributed by atoms with Gasteiger partial charge in [-0.15, -0.1) is 0 Å². The maximum atomic E-state index is 12.4. The molecule has 0 radical (unpaired) electrons. The van der Waals surface area contributed by atoms with Crippen LogP contribution in [0.15, 0.2) is 40.9 Å². The minimum atomic E-state index is -0.376. The van der Waals surface area contributed by atoms with Crippen LogP contribution in [0.2, 0.25) is 10.0 Å². The van der Waals surface area contributed by atoms with Crippen LogP contribution in [0.3, 0.4) is 0 Å². The van der Waals surface area contributed by atoms with E-state index in [1.165, 1.54) is 0 Å². The van der Waals surface area contributed by atoms with Gasteiger partial charge in [-0.2, -0.15) is 0 Å². The number of nitrogens with one attached hydrogen (secondary N) is 2. The third kappa shape index (κ3) is 4.49. The average molecular weight is 473 g/mol. The summed E-state index contributed by atoms with van der Waals surface area (Å²) in [4.78, 5) is 14.7. The fraction of sp³-hybridized carbons (Fsp3) is 0.222. The van der Waals surface area contributed by atoms with E-state index >= 15 is 0 Å². The van der Waals surface area contributed by atoms with Gasteiger partial charge in [0.1, 0.15) is 0 Å². The number of thiocarbonyl (C=S) groups is 1. The molecule has 0 saturated carbocycles. The molecule has 1 fully saturated rings. The summed E-state index contributed by atoms with van der Waals surface area (Å²) in [5.74, 6) is -0.376. The van der Waals surface area contributed by atoms with Gasteiger partial charge in [0.2, 0.25) is 0 Å². The van der Waals surface area contributed by atoms with E-state index < -0.39 is 0 Å². The zero-order valence-corrected chi connectivity index (χ0v) is 17.6. The number of rotatable bonds is 3. The monoisotopic (exact) mass is 471 g/mol. The van der Waals surface area contributed by atoms with Crippen LogP contribution in [0, 0.1) is 0 Å². The van der Waals surface area contributed by atoms with Crippen LogP contribution in [0.25, 0.3) is 0 Å². The average Bonchev–Trinajstić information content (AvgIpc) is 3.11. The van der Waals surface area contributed by atoms with Gasteiger partial charge in [-0.25, -0.2) is 0 Å². The van der Waals surface area contributed by atoms with Crippen molar-refractivity contribution in [3.05, 3.63) is 56.5 Å². The van der Waals surface area contributed by atoms with E-state index in [0.29, 0.717) is 15.6 Å². The molecule has 136 valence electrons. The van der Waals surface area contributed by atoms with Crippen LogP contribution < -0.4 is 15.5 Å². The second-order valence-electron chi connectivity index (χ2n) is 5.86. The van der Waals surface area contributed by atoms with Crippen molar-refractivity contribution in [2.75, 3.05) is 23.3 Å². The summed E-state index contributed by atoms with van der Waals surface area (Å²) in [7, 11) is 0. The molecule has 2 N–H and O–H groups in total. The number of halogens is 3. The lowest BCUT2D eigenvalue weighted by molar-refractivity contribution is 0.0978. The van der Waals surface area contributed by atoms with Crippen LogP contribution in [-0.4, -0.2) is 24.1 Å². The summed E-state index contributed by atoms with van der Waals surface area (Å²) in [5.41, 5.74) is 2.02. The van der Waals surface area contributed by atoms with Crippen molar-refractivity contribution in [1.29, 1.82) is 0 Å². The summed E-state index contributed by atoms with van der Waals surface area (Å²) in [5, 5.41) is 6.94. The minimum Gasteiger partial charge on any atom is -0.369 e. The number of anilines is 2. The van der Waals surface area contributed by atoms with E-state index in [0.717, 1.165) is 41.8 Å². The molecule has 0 spiro atoms. The predicted octanol–water partition coefficient (Wildman–Crippen LogP) is 5.48. The topological polar surface area (TPSA) is 44.4 Å². The van der Waals surface area contributed by atoms with Gasteiger partial charge in [-0.1, -0.05) is 45.2 Å². The van der Waals surface area contributed by atoms with Crippen molar-refractivity contribution in [1.82, 2.24) is 5.32 Å². The van der Waals surface area contributed by atoms with Crippen molar-refractivity contribution in [3.63, 3.8) is 0 Å². The van der Waals surface area contributed by atoms with Crippen molar-refractivity contribution in [2.24, 2.45) is 0 Å². The Morgan fingerprint density at radius 2 is 1.85 bits per heavy atom. The Hall–Kier alpha value is -1.34. The third-order valence-electron chi connectivity index (χ3n) is 4.06. The first kappa shape index (κ1) is 19.4. The highest BCUT2D eigenvalue weighted by molar-refractivity contribution is 9.10. The summed E-state index contributed by atoms with van der Waals surface area (Å²) >= 11 is 21.1. The highest BCUT2D eigenvalue weighted by atomic mass is 79.9. The second-order valence-corrected chi connectivity index (χ2v) is 8.00. The first-order valence-corrected chi connectivity index (χ1v) is 10.0. The zero-order valence-electron chi connectivity index (χ0n) is 13.7. The molecule has 1 heterocycles. The Kier molecular flexibility index (Phi) is 6.40. The number of amides is 1. The number of carbonyl (C=O) groups is 1. The van der Waals surface area contributed by atoms with Gasteiger partial charge in [0.25, 0.3) is 5.91 Å². The molecule has 4 nitrogen and oxygen atoms in total. The van der Waals surface area contributed by atoms with E-state index in [2.05, 4.69) is 31.5 Å². The summed E-state index contributed by atoms with van der Waals surface area (Å²) in [6.07, 6.45) is 2.26. The highest BCUT2D eigenvalue weighted by Crippen LogP contribution is 2.35. The maximum Gasteiger partial charge on any atom is 0.258 e. The molecule has 2 aromatic rings. The molecule has 1 aliphatic rings. The van der Waals surface area contributed by atoms with Gasteiger partial charge < -0.3 is 10.2 Å². The van der Waals surface area contributed by atoms with Gasteiger partial charge in [-0.3, -0.25) is 10.1 Å². The summed E-state index contributed by atoms with van der Waals surface area (Å²) < 4.78 is 0.761. The third-order valence-corrected chi connectivity index (χ3v) is 5.39. The molecule has 0 aromatic heterocycles. The molecule has 0 aliphatic carbocycles. The number of benzene rings is 2. The fourth-order valence-electron chi connectivity index (χ4n) is 2.87. The Balaban J connectivity index is 1.75. The van der Waals surface area contributed by atoms with E-state index in [1.807, 2.05) is 18.2 Å². The Morgan fingerprint density at radius 1 is 1.12 bits per heavy atom. The standard InChI is InChI=1S/C18H16BrCl2N3OS/c19-11-6-7-13(20)12(10-11)17(25)23-18(26)22-15-5-3-4-14(21)16(15)24-8-1-2-9-24/h3-7,10H,1-2,8-9H2,(H2,22,23,25,26). The molecule has 3 rings (SSSR count). The van der Waals surface area contributed by atoms with Gasteiger partial charge in [0.15, 0.2) is 5.11 Å². The molecule has 0 atom stereocenters. The molecule has 1 aliphatic heterocycles. The molecular weight excluding hydrogens is 457 g/mol. The van der Waals surface area contributed by atoms with E-state index in [-0.39, 0.29) is 11.0 Å². The van der Waals surface area contributed by atoms with Gasteiger partial charge >= 0.3 is 0 Å². The molecule has 2 aromatic carbocycles. The largest absolute Gasteiger partial charge is 0.369 e. The van der Waals surface area contributed by atoms with E-state index in [9.17, 15) is 4.79 Å². The Bertz CT molecular complexity index is 856. The maximum absolute atomic E-state index is 12.4. The summed E-state index contributed by atoms with van der Waals surface area (Å²) in [6.45, 7) is 1.90. The summed E-state index contributed by atoms with van der Waals surface area (Å²) in [6, 6.07) is 10.7. The molecule has 0 unspecified atom stereocenters. The van der Waals surface area contributed by atoms with Gasteiger partial charge in [-0.05, 0) is 55.4 Å². The number of nitrogens with zero attached hydrogens (tertiary/aromatic N) is 1. The Labute approximate surface area is 176 Å². The van der Waals surface area contributed by atoms with Crippen molar-refractivity contribution in [2.45, 2.75) is 12.8 Å². The first-order chi connectivity index (χ1) is 12.5. The van der Waals surface area contributed by atoms with Crippen molar-refractivity contribution in [3.8, 4) is 0 Å². The smallest absolute Gasteiger partial charge is 0.258 e. The number of carbonyl (C=O) groups excluding carboxylic acids is 1. The Morgan fingerprint density at radius 3 is 2.58 bits per heavy atom. The molecule has 0 bridgehead atoms. The van der Waals surface area contributed by atoms with Gasteiger partial charge in [0, 0.05) is 17.6 Å². The lowest BCUT2D eigenvalue weighted by atomic mass is 10.2. The van der Waals surface area contributed by atoms with Crippen molar-refractivity contribution < 1.29 is 4.79 Å². The normalized spacial score (nSPS) is 13.6. The van der Waals surface area contributed by atoms with Crippen LogP contribution >= 0.6 is 51.3 Å². The zero-order chi connectivity index (χ0) is 18.7. The molecule has 8 heteroatoms. The molecule has 1 saturated heterocycles. The second kappa shape index (κ2) is 8.57. The lowest BCUT2D eigenvalue weighted by Crippen LogP contribution is -2.35. The van der Waals surface area contributed by atoms with Crippen LogP contribution in [0.4, 0.5) is 11.4 Å². The fourth-order valence-corrected chi connectivity index (χ4v) is 3.94. The lowest BCUT2D eigenvalue weighted by Gasteiger charge is -2.23. The quantitative estimate of drug-likeness (QED) is 0.580. The number of hydrogen-bond acceptors (Lipinski definition) is 3. The first-order valence-electron chi connectivity index (χ1n) is 8.06.